The maximum absolute atomic E-state index is 13.7. The molecule has 1 amide bonds. The highest BCUT2D eigenvalue weighted by Gasteiger charge is 2.14. The third-order valence-corrected chi connectivity index (χ3v) is 4.27. The number of halogens is 4. The first-order valence-electron chi connectivity index (χ1n) is 5.19. The van der Waals surface area contributed by atoms with Gasteiger partial charge in [-0.15, -0.1) is 0 Å². The molecule has 0 radical (unpaired) electrons. The van der Waals surface area contributed by atoms with Crippen LogP contribution >= 0.6 is 43.5 Å². The molecule has 0 aliphatic heterocycles. The van der Waals surface area contributed by atoms with Crippen molar-refractivity contribution in [3.63, 3.8) is 0 Å². The van der Waals surface area contributed by atoms with Gasteiger partial charge in [0, 0.05) is 4.47 Å². The predicted molar refractivity (Wildman–Crippen MR) is 81.2 cm³/mol. The first-order chi connectivity index (χ1) is 8.99. The molecule has 0 bridgehead atoms. The summed E-state index contributed by atoms with van der Waals surface area (Å²) in [5, 5.41) is 3.07. The van der Waals surface area contributed by atoms with Crippen molar-refractivity contribution in [2.24, 2.45) is 0 Å². The second-order valence-electron chi connectivity index (χ2n) is 3.68. The maximum atomic E-state index is 13.7. The highest BCUT2D eigenvalue weighted by Crippen LogP contribution is 2.30. The summed E-state index contributed by atoms with van der Waals surface area (Å²) >= 11 is 12.3. The van der Waals surface area contributed by atoms with Crippen molar-refractivity contribution in [2.75, 3.05) is 5.32 Å². The SMILES string of the molecule is O=C(Nc1cccc(Cl)c1Br)c1ccc(Br)cc1F. The summed E-state index contributed by atoms with van der Waals surface area (Å²) < 4.78 is 14.8. The Bertz CT molecular complexity index is 649. The molecule has 0 fully saturated rings. The van der Waals surface area contributed by atoms with E-state index in [4.69, 9.17) is 11.6 Å². The molecular formula is C13H7Br2ClFNO. The van der Waals surface area contributed by atoms with Gasteiger partial charge in [-0.2, -0.15) is 0 Å². The highest BCUT2D eigenvalue weighted by molar-refractivity contribution is 9.11. The van der Waals surface area contributed by atoms with Crippen molar-refractivity contribution in [3.8, 4) is 0 Å². The van der Waals surface area contributed by atoms with Crippen LogP contribution in [0.15, 0.2) is 45.3 Å². The van der Waals surface area contributed by atoms with Crippen LogP contribution in [0.4, 0.5) is 10.1 Å². The van der Waals surface area contributed by atoms with Gasteiger partial charge in [0.1, 0.15) is 5.82 Å². The van der Waals surface area contributed by atoms with Crippen LogP contribution in [0, 0.1) is 5.82 Å². The summed E-state index contributed by atoms with van der Waals surface area (Å²) in [7, 11) is 0. The number of hydrogen-bond donors (Lipinski definition) is 1. The van der Waals surface area contributed by atoms with E-state index >= 15 is 0 Å². The van der Waals surface area contributed by atoms with E-state index in [0.29, 0.717) is 19.7 Å². The Morgan fingerprint density at radius 1 is 1.21 bits per heavy atom. The first kappa shape index (κ1) is 14.5. The van der Waals surface area contributed by atoms with Crippen molar-refractivity contribution >= 4 is 55.1 Å². The molecule has 2 aromatic carbocycles. The Labute approximate surface area is 131 Å². The van der Waals surface area contributed by atoms with Gasteiger partial charge in [-0.1, -0.05) is 33.6 Å². The quantitative estimate of drug-likeness (QED) is 0.723. The number of rotatable bonds is 2. The van der Waals surface area contributed by atoms with Gasteiger partial charge in [0.05, 0.1) is 20.7 Å². The van der Waals surface area contributed by atoms with Gasteiger partial charge in [-0.3, -0.25) is 4.79 Å². The zero-order valence-corrected chi connectivity index (χ0v) is 13.3. The molecule has 19 heavy (non-hydrogen) atoms. The lowest BCUT2D eigenvalue weighted by atomic mass is 10.2. The van der Waals surface area contributed by atoms with Crippen LogP contribution in [0.3, 0.4) is 0 Å². The number of hydrogen-bond acceptors (Lipinski definition) is 1. The average molecular weight is 407 g/mol. The van der Waals surface area contributed by atoms with Crippen molar-refractivity contribution < 1.29 is 9.18 Å². The summed E-state index contributed by atoms with van der Waals surface area (Å²) in [6, 6.07) is 9.30. The van der Waals surface area contributed by atoms with Gasteiger partial charge >= 0.3 is 0 Å². The molecule has 1 N–H and O–H groups in total. The van der Waals surface area contributed by atoms with E-state index in [-0.39, 0.29) is 5.56 Å². The van der Waals surface area contributed by atoms with E-state index in [1.165, 1.54) is 12.1 Å². The van der Waals surface area contributed by atoms with Crippen LogP contribution in [0.1, 0.15) is 10.4 Å². The summed E-state index contributed by atoms with van der Waals surface area (Å²) in [5.74, 6) is -1.13. The van der Waals surface area contributed by atoms with Crippen LogP contribution in [-0.4, -0.2) is 5.91 Å². The Hall–Kier alpha value is -0.910. The lowest BCUT2D eigenvalue weighted by Crippen LogP contribution is -2.14. The van der Waals surface area contributed by atoms with E-state index in [1.54, 1.807) is 24.3 Å². The molecule has 0 unspecified atom stereocenters. The third-order valence-electron chi connectivity index (χ3n) is 2.38. The van der Waals surface area contributed by atoms with E-state index in [9.17, 15) is 9.18 Å². The summed E-state index contributed by atoms with van der Waals surface area (Å²) in [6.07, 6.45) is 0. The largest absolute Gasteiger partial charge is 0.321 e. The molecule has 0 heterocycles. The molecular weight excluding hydrogens is 400 g/mol. The zero-order chi connectivity index (χ0) is 14.0. The minimum absolute atomic E-state index is 0.0323. The number of carbonyl (C=O) groups excluding carboxylic acids is 1. The van der Waals surface area contributed by atoms with Crippen LogP contribution in [-0.2, 0) is 0 Å². The fraction of sp³-hybridized carbons (Fsp3) is 0. The predicted octanol–water partition coefficient (Wildman–Crippen LogP) is 5.26. The number of amides is 1. The van der Waals surface area contributed by atoms with Gasteiger partial charge in [-0.05, 0) is 46.3 Å². The minimum atomic E-state index is -0.593. The molecule has 98 valence electrons. The van der Waals surface area contributed by atoms with Crippen molar-refractivity contribution in [1.29, 1.82) is 0 Å². The standard InChI is InChI=1S/C13H7Br2ClFNO/c14-7-4-5-8(10(17)6-7)13(19)18-11-3-1-2-9(16)12(11)15/h1-6H,(H,18,19). The molecule has 0 saturated heterocycles. The Balaban J connectivity index is 2.28. The van der Waals surface area contributed by atoms with E-state index in [2.05, 4.69) is 37.2 Å². The van der Waals surface area contributed by atoms with Crippen molar-refractivity contribution in [2.45, 2.75) is 0 Å². The normalized spacial score (nSPS) is 10.3. The fourth-order valence-corrected chi connectivity index (χ4v) is 2.33. The van der Waals surface area contributed by atoms with Crippen LogP contribution in [0.25, 0.3) is 0 Å². The Morgan fingerprint density at radius 2 is 1.95 bits per heavy atom. The first-order valence-corrected chi connectivity index (χ1v) is 7.16. The van der Waals surface area contributed by atoms with Crippen LogP contribution in [0.2, 0.25) is 5.02 Å². The van der Waals surface area contributed by atoms with E-state index in [0.717, 1.165) is 0 Å². The molecule has 6 heteroatoms. The van der Waals surface area contributed by atoms with Gasteiger partial charge in [0.15, 0.2) is 0 Å². The Kier molecular flexibility index (Phi) is 4.60. The van der Waals surface area contributed by atoms with Gasteiger partial charge < -0.3 is 5.32 Å². The molecule has 2 nitrogen and oxygen atoms in total. The summed E-state index contributed by atoms with van der Waals surface area (Å²) in [5.41, 5.74) is 0.454. The number of benzene rings is 2. The zero-order valence-electron chi connectivity index (χ0n) is 9.38. The van der Waals surface area contributed by atoms with Gasteiger partial charge in [0.2, 0.25) is 0 Å². The molecule has 2 aromatic rings. The molecule has 0 spiro atoms. The molecule has 2 rings (SSSR count). The topological polar surface area (TPSA) is 29.1 Å². The van der Waals surface area contributed by atoms with E-state index < -0.39 is 11.7 Å². The molecule has 0 saturated carbocycles. The second-order valence-corrected chi connectivity index (χ2v) is 5.80. The fourth-order valence-electron chi connectivity index (χ4n) is 1.46. The lowest BCUT2D eigenvalue weighted by molar-refractivity contribution is 0.102. The highest BCUT2D eigenvalue weighted by atomic mass is 79.9. The number of anilines is 1. The Morgan fingerprint density at radius 3 is 2.63 bits per heavy atom. The smallest absolute Gasteiger partial charge is 0.258 e. The van der Waals surface area contributed by atoms with Crippen LogP contribution in [0.5, 0.6) is 0 Å². The maximum Gasteiger partial charge on any atom is 0.258 e. The number of carbonyl (C=O) groups is 1. The van der Waals surface area contributed by atoms with Crippen molar-refractivity contribution in [3.05, 3.63) is 61.7 Å². The average Bonchev–Trinajstić information content (AvgIpc) is 2.34. The van der Waals surface area contributed by atoms with Crippen LogP contribution < -0.4 is 5.32 Å². The summed E-state index contributed by atoms with van der Waals surface area (Å²) in [6.45, 7) is 0. The monoisotopic (exact) mass is 405 g/mol. The summed E-state index contributed by atoms with van der Waals surface area (Å²) in [4.78, 5) is 12.0. The minimum Gasteiger partial charge on any atom is -0.321 e. The lowest BCUT2D eigenvalue weighted by Gasteiger charge is -2.09. The van der Waals surface area contributed by atoms with E-state index in [1.807, 2.05) is 0 Å². The molecule has 0 atom stereocenters. The third kappa shape index (κ3) is 3.35. The second kappa shape index (κ2) is 6.03. The van der Waals surface area contributed by atoms with Crippen molar-refractivity contribution in [1.82, 2.24) is 0 Å². The molecule has 0 aromatic heterocycles. The number of nitrogens with one attached hydrogen (secondary N) is 1. The molecule has 0 aliphatic rings. The van der Waals surface area contributed by atoms with Gasteiger partial charge in [0.25, 0.3) is 5.91 Å². The molecule has 0 aliphatic carbocycles. The van der Waals surface area contributed by atoms with Gasteiger partial charge in [-0.25, -0.2) is 4.39 Å².